The van der Waals surface area contributed by atoms with Crippen LogP contribution in [0.25, 0.3) is 0 Å². The number of carbonyl (C=O) groups excluding carboxylic acids is 1. The average molecular weight is 253 g/mol. The number of hydrogen-bond donors (Lipinski definition) is 1. The van der Waals surface area contributed by atoms with Crippen molar-refractivity contribution in [2.75, 3.05) is 0 Å². The van der Waals surface area contributed by atoms with Gasteiger partial charge in [0.1, 0.15) is 5.60 Å². The van der Waals surface area contributed by atoms with Crippen LogP contribution in [0.15, 0.2) is 24.3 Å². The molecule has 0 unspecified atom stereocenters. The highest BCUT2D eigenvalue weighted by Crippen LogP contribution is 2.30. The molecule has 1 fully saturated rings. The Kier molecular flexibility index (Phi) is 3.85. The molecule has 0 aromatic heterocycles. The lowest BCUT2D eigenvalue weighted by Crippen LogP contribution is -2.38. The number of benzene rings is 1. The Balaban J connectivity index is 2.23. The van der Waals surface area contributed by atoms with Crippen LogP contribution in [0.5, 0.6) is 0 Å². The fourth-order valence-corrected chi connectivity index (χ4v) is 2.63. The van der Waals surface area contributed by atoms with Crippen molar-refractivity contribution in [1.82, 2.24) is 0 Å². The summed E-state index contributed by atoms with van der Waals surface area (Å²) < 4.78 is 0. The van der Waals surface area contributed by atoms with Crippen molar-refractivity contribution in [1.29, 1.82) is 0 Å². The summed E-state index contributed by atoms with van der Waals surface area (Å²) in [5, 5.41) is 11.0. The predicted molar refractivity (Wildman–Crippen MR) is 68.4 cm³/mol. The molecule has 0 atom stereocenters. The highest BCUT2D eigenvalue weighted by Gasteiger charge is 2.36. The third-order valence-corrected chi connectivity index (χ3v) is 3.68. The fraction of sp³-hybridized carbons (Fsp3) is 0.500. The van der Waals surface area contributed by atoms with E-state index in [2.05, 4.69) is 0 Å². The molecule has 17 heavy (non-hydrogen) atoms. The molecule has 0 bridgehead atoms. The predicted octanol–water partition coefficient (Wildman–Crippen LogP) is 3.61. The third kappa shape index (κ3) is 2.88. The van der Waals surface area contributed by atoms with Gasteiger partial charge in [-0.1, -0.05) is 49.4 Å². The second-order valence-electron chi connectivity index (χ2n) is 4.79. The van der Waals surface area contributed by atoms with E-state index in [4.69, 9.17) is 11.6 Å². The Morgan fingerprint density at radius 1 is 1.18 bits per heavy atom. The molecular formula is C14H17ClO2. The van der Waals surface area contributed by atoms with Gasteiger partial charge < -0.3 is 5.11 Å². The number of rotatable bonds is 2. The first-order valence-electron chi connectivity index (χ1n) is 6.15. The highest BCUT2D eigenvalue weighted by molar-refractivity contribution is 6.31. The summed E-state index contributed by atoms with van der Waals surface area (Å²) >= 11 is 5.87. The van der Waals surface area contributed by atoms with Crippen molar-refractivity contribution in [2.24, 2.45) is 0 Å². The maximum atomic E-state index is 12.3. The molecule has 0 amide bonds. The second kappa shape index (κ2) is 5.19. The van der Waals surface area contributed by atoms with Crippen LogP contribution in [-0.2, 0) is 0 Å². The van der Waals surface area contributed by atoms with Gasteiger partial charge in [0.25, 0.3) is 0 Å². The monoisotopic (exact) mass is 252 g/mol. The first-order chi connectivity index (χ1) is 8.12. The van der Waals surface area contributed by atoms with Gasteiger partial charge in [0.15, 0.2) is 5.78 Å². The van der Waals surface area contributed by atoms with Gasteiger partial charge in [-0.25, -0.2) is 0 Å². The van der Waals surface area contributed by atoms with E-state index < -0.39 is 5.60 Å². The minimum atomic E-state index is -1.18. The zero-order valence-corrected chi connectivity index (χ0v) is 10.5. The van der Waals surface area contributed by atoms with Crippen LogP contribution in [0.4, 0.5) is 0 Å². The lowest BCUT2D eigenvalue weighted by atomic mass is 9.86. The molecule has 1 aliphatic rings. The van der Waals surface area contributed by atoms with Crippen molar-refractivity contribution in [2.45, 2.75) is 44.1 Å². The van der Waals surface area contributed by atoms with Crippen molar-refractivity contribution in [3.05, 3.63) is 34.9 Å². The van der Waals surface area contributed by atoms with Crippen LogP contribution in [-0.4, -0.2) is 16.5 Å². The Morgan fingerprint density at radius 2 is 1.82 bits per heavy atom. The summed E-state index contributed by atoms with van der Waals surface area (Å²) in [5.41, 5.74) is -0.664. The third-order valence-electron chi connectivity index (χ3n) is 3.44. The van der Waals surface area contributed by atoms with Crippen LogP contribution >= 0.6 is 11.6 Å². The summed E-state index contributed by atoms with van der Waals surface area (Å²) in [6, 6.07) is 6.83. The van der Waals surface area contributed by atoms with E-state index in [1.54, 1.807) is 24.3 Å². The smallest absolute Gasteiger partial charge is 0.194 e. The van der Waals surface area contributed by atoms with E-state index in [1.165, 1.54) is 0 Å². The van der Waals surface area contributed by atoms with Gasteiger partial charge in [0.05, 0.1) is 0 Å². The number of carbonyl (C=O) groups is 1. The molecule has 1 aliphatic carbocycles. The largest absolute Gasteiger partial charge is 0.382 e. The van der Waals surface area contributed by atoms with Crippen LogP contribution in [0.2, 0.25) is 5.02 Å². The molecular weight excluding hydrogens is 236 g/mol. The van der Waals surface area contributed by atoms with Gasteiger partial charge in [0, 0.05) is 10.6 Å². The summed E-state index contributed by atoms with van der Waals surface area (Å²) in [7, 11) is 0. The summed E-state index contributed by atoms with van der Waals surface area (Å²) in [5.74, 6) is -0.179. The number of aliphatic hydroxyl groups is 1. The van der Waals surface area contributed by atoms with E-state index in [9.17, 15) is 9.90 Å². The number of hydrogen-bond acceptors (Lipinski definition) is 2. The highest BCUT2D eigenvalue weighted by atomic mass is 35.5. The Labute approximate surface area is 107 Å². The van der Waals surface area contributed by atoms with E-state index >= 15 is 0 Å². The molecule has 1 saturated carbocycles. The molecule has 1 aromatic rings. The Morgan fingerprint density at radius 3 is 2.41 bits per heavy atom. The van der Waals surface area contributed by atoms with Gasteiger partial charge in [0.2, 0.25) is 0 Å². The molecule has 0 aliphatic heterocycles. The molecule has 0 heterocycles. The van der Waals surface area contributed by atoms with Gasteiger partial charge in [-0.05, 0) is 25.0 Å². The molecule has 0 saturated heterocycles. The van der Waals surface area contributed by atoms with Crippen molar-refractivity contribution in [3.63, 3.8) is 0 Å². The molecule has 2 rings (SSSR count). The molecule has 0 radical (unpaired) electrons. The fourth-order valence-electron chi connectivity index (χ4n) is 2.44. The first-order valence-corrected chi connectivity index (χ1v) is 6.52. The zero-order valence-electron chi connectivity index (χ0n) is 9.79. The topological polar surface area (TPSA) is 37.3 Å². The van der Waals surface area contributed by atoms with Crippen LogP contribution < -0.4 is 0 Å². The molecule has 2 nitrogen and oxygen atoms in total. The minimum Gasteiger partial charge on any atom is -0.382 e. The molecule has 1 aromatic carbocycles. The first kappa shape index (κ1) is 12.6. The Hall–Kier alpha value is -0.860. The maximum absolute atomic E-state index is 12.3. The van der Waals surface area contributed by atoms with Crippen LogP contribution in [0.1, 0.15) is 48.9 Å². The van der Waals surface area contributed by atoms with Crippen molar-refractivity contribution in [3.8, 4) is 0 Å². The van der Waals surface area contributed by atoms with E-state index in [0.717, 1.165) is 25.7 Å². The second-order valence-corrected chi connectivity index (χ2v) is 5.22. The normalized spacial score (nSPS) is 19.6. The van der Waals surface area contributed by atoms with Crippen LogP contribution in [0, 0.1) is 0 Å². The lowest BCUT2D eigenvalue weighted by Gasteiger charge is -2.24. The summed E-state index contributed by atoms with van der Waals surface area (Å²) in [6.45, 7) is 0. The number of Topliss-reactive ketones (excluding diaryl/α,β-unsaturated/α-hetero) is 1. The molecule has 0 spiro atoms. The summed E-state index contributed by atoms with van der Waals surface area (Å²) in [4.78, 5) is 12.3. The van der Waals surface area contributed by atoms with Gasteiger partial charge >= 0.3 is 0 Å². The minimum absolute atomic E-state index is 0.179. The number of ketones is 1. The van der Waals surface area contributed by atoms with Gasteiger partial charge in [-0.15, -0.1) is 0 Å². The number of halogens is 1. The quantitative estimate of drug-likeness (QED) is 0.645. The standard InChI is InChI=1S/C14H17ClO2/c15-12-7-5-6-11(10-12)13(16)14(17)8-3-1-2-4-9-14/h5-7,10,17H,1-4,8-9H2. The van der Waals surface area contributed by atoms with Gasteiger partial charge in [-0.3, -0.25) is 4.79 Å². The molecule has 1 N–H and O–H groups in total. The Bertz CT molecular complexity index is 406. The van der Waals surface area contributed by atoms with Crippen LogP contribution in [0.3, 0.4) is 0 Å². The lowest BCUT2D eigenvalue weighted by molar-refractivity contribution is 0.0238. The van der Waals surface area contributed by atoms with Crippen molar-refractivity contribution >= 4 is 17.4 Å². The van der Waals surface area contributed by atoms with Crippen molar-refractivity contribution < 1.29 is 9.90 Å². The van der Waals surface area contributed by atoms with E-state index in [-0.39, 0.29) is 5.78 Å². The zero-order chi connectivity index (χ0) is 12.3. The summed E-state index contributed by atoms with van der Waals surface area (Å²) in [6.07, 6.45) is 5.18. The molecule has 92 valence electrons. The maximum Gasteiger partial charge on any atom is 0.194 e. The van der Waals surface area contributed by atoms with E-state index in [0.29, 0.717) is 23.4 Å². The average Bonchev–Trinajstić information content (AvgIpc) is 2.54. The molecule has 3 heteroatoms. The van der Waals surface area contributed by atoms with E-state index in [1.807, 2.05) is 0 Å². The van der Waals surface area contributed by atoms with Gasteiger partial charge in [-0.2, -0.15) is 0 Å². The SMILES string of the molecule is O=C(c1cccc(Cl)c1)C1(O)CCCCCC1.